The Hall–Kier alpha value is -1.59. The third-order valence-electron chi connectivity index (χ3n) is 3.29. The number of aromatic nitrogens is 1. The van der Waals surface area contributed by atoms with Crippen LogP contribution in [0.15, 0.2) is 42.5 Å². The van der Waals surface area contributed by atoms with Crippen LogP contribution in [0.5, 0.6) is 0 Å². The molecule has 21 heavy (non-hydrogen) atoms. The fourth-order valence-corrected chi connectivity index (χ4v) is 2.30. The number of pyridine rings is 1. The molecule has 0 amide bonds. The van der Waals surface area contributed by atoms with Crippen LogP contribution in [0.3, 0.4) is 0 Å². The molecule has 0 aliphatic rings. The molecule has 112 valence electrons. The minimum atomic E-state index is -4.56. The molecule has 0 saturated carbocycles. The SMILES string of the molecule is CC(c1ccccc1)C(O)c1ccc(C(F)(F)F)nc1Cl. The van der Waals surface area contributed by atoms with Gasteiger partial charge in [0.15, 0.2) is 0 Å². The van der Waals surface area contributed by atoms with Crippen LogP contribution in [0.4, 0.5) is 13.2 Å². The van der Waals surface area contributed by atoms with Crippen molar-refractivity contribution in [3.05, 3.63) is 64.4 Å². The maximum atomic E-state index is 12.5. The van der Waals surface area contributed by atoms with E-state index in [0.717, 1.165) is 11.6 Å². The van der Waals surface area contributed by atoms with Crippen molar-refractivity contribution < 1.29 is 18.3 Å². The van der Waals surface area contributed by atoms with E-state index >= 15 is 0 Å². The summed E-state index contributed by atoms with van der Waals surface area (Å²) in [6.07, 6.45) is -5.59. The number of aliphatic hydroxyl groups is 1. The van der Waals surface area contributed by atoms with Gasteiger partial charge in [0.05, 0.1) is 6.10 Å². The average Bonchev–Trinajstić information content (AvgIpc) is 2.45. The lowest BCUT2D eigenvalue weighted by atomic mass is 9.91. The van der Waals surface area contributed by atoms with Crippen molar-refractivity contribution >= 4 is 11.6 Å². The normalized spacial score (nSPS) is 14.8. The summed E-state index contributed by atoms with van der Waals surface area (Å²) in [5.41, 5.74) is -0.0298. The third-order valence-corrected chi connectivity index (χ3v) is 3.59. The molecular weight excluding hydrogens is 303 g/mol. The molecule has 2 unspecified atom stereocenters. The lowest BCUT2D eigenvalue weighted by Crippen LogP contribution is -2.12. The zero-order chi connectivity index (χ0) is 15.6. The van der Waals surface area contributed by atoms with Crippen LogP contribution in [0.2, 0.25) is 5.15 Å². The van der Waals surface area contributed by atoms with E-state index in [4.69, 9.17) is 11.6 Å². The van der Waals surface area contributed by atoms with Gasteiger partial charge in [0, 0.05) is 11.5 Å². The van der Waals surface area contributed by atoms with Crippen LogP contribution in [0, 0.1) is 0 Å². The van der Waals surface area contributed by atoms with Crippen LogP contribution < -0.4 is 0 Å². The second-order valence-corrected chi connectivity index (χ2v) is 5.08. The van der Waals surface area contributed by atoms with Crippen LogP contribution in [0.25, 0.3) is 0 Å². The van der Waals surface area contributed by atoms with E-state index in [-0.39, 0.29) is 16.6 Å². The highest BCUT2D eigenvalue weighted by molar-refractivity contribution is 6.30. The highest BCUT2D eigenvalue weighted by atomic mass is 35.5. The Kier molecular flexibility index (Phi) is 4.54. The first-order valence-corrected chi connectivity index (χ1v) is 6.65. The van der Waals surface area contributed by atoms with Crippen molar-refractivity contribution in [1.82, 2.24) is 4.98 Å². The predicted molar refractivity (Wildman–Crippen MR) is 74.1 cm³/mol. The minimum Gasteiger partial charge on any atom is -0.388 e. The quantitative estimate of drug-likeness (QED) is 0.840. The zero-order valence-electron chi connectivity index (χ0n) is 11.1. The van der Waals surface area contributed by atoms with Gasteiger partial charge < -0.3 is 5.11 Å². The monoisotopic (exact) mass is 315 g/mol. The minimum absolute atomic E-state index is 0.181. The van der Waals surface area contributed by atoms with E-state index in [1.54, 1.807) is 6.92 Å². The summed E-state index contributed by atoms with van der Waals surface area (Å²) < 4.78 is 37.6. The Morgan fingerprint density at radius 2 is 1.71 bits per heavy atom. The third kappa shape index (κ3) is 3.54. The average molecular weight is 316 g/mol. The maximum Gasteiger partial charge on any atom is 0.433 e. The van der Waals surface area contributed by atoms with E-state index in [2.05, 4.69) is 4.98 Å². The van der Waals surface area contributed by atoms with Crippen molar-refractivity contribution in [2.75, 3.05) is 0 Å². The van der Waals surface area contributed by atoms with Gasteiger partial charge in [-0.2, -0.15) is 13.2 Å². The van der Waals surface area contributed by atoms with Gasteiger partial charge >= 0.3 is 6.18 Å². The second kappa shape index (κ2) is 6.03. The number of aliphatic hydroxyl groups excluding tert-OH is 1. The number of nitrogens with zero attached hydrogens (tertiary/aromatic N) is 1. The molecule has 1 N–H and O–H groups in total. The summed E-state index contributed by atoms with van der Waals surface area (Å²) >= 11 is 5.79. The molecule has 1 heterocycles. The molecule has 0 radical (unpaired) electrons. The Labute approximate surface area is 125 Å². The summed E-state index contributed by atoms with van der Waals surface area (Å²) in [5, 5.41) is 9.98. The lowest BCUT2D eigenvalue weighted by molar-refractivity contribution is -0.141. The van der Waals surface area contributed by atoms with Gasteiger partial charge in [0.2, 0.25) is 0 Å². The number of hydrogen-bond donors (Lipinski definition) is 1. The summed E-state index contributed by atoms with van der Waals surface area (Å²) in [6.45, 7) is 1.77. The number of benzene rings is 1. The summed E-state index contributed by atoms with van der Waals surface area (Å²) in [4.78, 5) is 3.32. The van der Waals surface area contributed by atoms with Crippen LogP contribution in [-0.2, 0) is 6.18 Å². The van der Waals surface area contributed by atoms with Crippen LogP contribution >= 0.6 is 11.6 Å². The number of rotatable bonds is 3. The van der Waals surface area contributed by atoms with Gasteiger partial charge in [-0.15, -0.1) is 0 Å². The fourth-order valence-electron chi connectivity index (χ4n) is 2.03. The first-order chi connectivity index (χ1) is 9.80. The standard InChI is InChI=1S/C15H13ClF3NO/c1-9(10-5-3-2-4-6-10)13(21)11-7-8-12(15(17,18)19)20-14(11)16/h2-9,13,21H,1H3. The second-order valence-electron chi connectivity index (χ2n) is 4.72. The van der Waals surface area contributed by atoms with Crippen LogP contribution in [-0.4, -0.2) is 10.1 Å². The summed E-state index contributed by atoms with van der Waals surface area (Å²) in [5.74, 6) is -0.317. The molecule has 2 nitrogen and oxygen atoms in total. The largest absolute Gasteiger partial charge is 0.433 e. The number of halogens is 4. The van der Waals surface area contributed by atoms with E-state index in [1.165, 1.54) is 6.07 Å². The molecule has 2 aromatic rings. The summed E-state index contributed by atoms with van der Waals surface area (Å²) in [7, 11) is 0. The van der Waals surface area contributed by atoms with Crippen molar-refractivity contribution in [3.8, 4) is 0 Å². The Morgan fingerprint density at radius 1 is 1.10 bits per heavy atom. The van der Waals surface area contributed by atoms with E-state index in [0.29, 0.717) is 0 Å². The Balaban J connectivity index is 2.30. The molecule has 0 saturated heterocycles. The maximum absolute atomic E-state index is 12.5. The predicted octanol–water partition coefficient (Wildman–Crippen LogP) is 4.59. The zero-order valence-corrected chi connectivity index (χ0v) is 11.9. The topological polar surface area (TPSA) is 33.1 Å². The lowest BCUT2D eigenvalue weighted by Gasteiger charge is -2.20. The van der Waals surface area contributed by atoms with Crippen molar-refractivity contribution in [3.63, 3.8) is 0 Å². The molecule has 0 bridgehead atoms. The molecule has 1 aromatic heterocycles. The van der Waals surface area contributed by atoms with Gasteiger partial charge in [-0.1, -0.05) is 54.9 Å². The number of hydrogen-bond acceptors (Lipinski definition) is 2. The Morgan fingerprint density at radius 3 is 2.24 bits per heavy atom. The molecule has 0 spiro atoms. The van der Waals surface area contributed by atoms with E-state index < -0.39 is 18.0 Å². The number of alkyl halides is 3. The molecule has 2 rings (SSSR count). The Bertz CT molecular complexity index is 616. The highest BCUT2D eigenvalue weighted by Crippen LogP contribution is 2.35. The van der Waals surface area contributed by atoms with Gasteiger partial charge in [-0.3, -0.25) is 0 Å². The van der Waals surface area contributed by atoms with E-state index in [1.807, 2.05) is 30.3 Å². The van der Waals surface area contributed by atoms with Gasteiger partial charge in [0.1, 0.15) is 10.8 Å². The molecule has 0 aliphatic carbocycles. The molecule has 0 fully saturated rings. The van der Waals surface area contributed by atoms with Crippen molar-refractivity contribution in [2.24, 2.45) is 0 Å². The van der Waals surface area contributed by atoms with Crippen molar-refractivity contribution in [1.29, 1.82) is 0 Å². The van der Waals surface area contributed by atoms with Gasteiger partial charge in [0.25, 0.3) is 0 Å². The highest BCUT2D eigenvalue weighted by Gasteiger charge is 2.33. The molecular formula is C15H13ClF3NO. The first-order valence-electron chi connectivity index (χ1n) is 6.27. The molecule has 2 atom stereocenters. The van der Waals surface area contributed by atoms with Gasteiger partial charge in [-0.05, 0) is 11.6 Å². The fraction of sp³-hybridized carbons (Fsp3) is 0.267. The van der Waals surface area contributed by atoms with Crippen LogP contribution in [0.1, 0.15) is 35.8 Å². The first kappa shape index (κ1) is 15.8. The summed E-state index contributed by atoms with van der Waals surface area (Å²) in [6, 6.07) is 11.1. The molecule has 0 aliphatic heterocycles. The van der Waals surface area contributed by atoms with E-state index in [9.17, 15) is 18.3 Å². The van der Waals surface area contributed by atoms with Gasteiger partial charge in [-0.25, -0.2) is 4.98 Å². The smallest absolute Gasteiger partial charge is 0.388 e. The molecule has 6 heteroatoms. The van der Waals surface area contributed by atoms with Crippen molar-refractivity contribution in [2.45, 2.75) is 25.1 Å². The molecule has 1 aromatic carbocycles.